The summed E-state index contributed by atoms with van der Waals surface area (Å²) in [6, 6.07) is -0.540. The van der Waals surface area contributed by atoms with E-state index >= 15 is 0 Å². The molecule has 2 unspecified atom stereocenters. The summed E-state index contributed by atoms with van der Waals surface area (Å²) in [5.74, 6) is -0.0279. The van der Waals surface area contributed by atoms with Crippen LogP contribution < -0.4 is 5.32 Å². The van der Waals surface area contributed by atoms with E-state index in [2.05, 4.69) is 31.3 Å². The molecule has 0 spiro atoms. The summed E-state index contributed by atoms with van der Waals surface area (Å²) < 4.78 is 5.47. The van der Waals surface area contributed by atoms with E-state index in [0.717, 1.165) is 44.9 Å². The van der Waals surface area contributed by atoms with Gasteiger partial charge in [-0.2, -0.15) is 0 Å². The van der Waals surface area contributed by atoms with Crippen LogP contribution in [0.15, 0.2) is 12.2 Å². The monoisotopic (exact) mass is 932 g/mol. The molecule has 0 aliphatic rings. The fourth-order valence-corrected chi connectivity index (χ4v) is 9.46. The second-order valence-electron chi connectivity index (χ2n) is 20.7. The Labute approximate surface area is 412 Å². The number of aliphatic hydroxyl groups is 2. The van der Waals surface area contributed by atoms with Gasteiger partial charge in [0.25, 0.3) is 0 Å². The molecule has 66 heavy (non-hydrogen) atoms. The van der Waals surface area contributed by atoms with Crippen LogP contribution in [-0.2, 0) is 14.3 Å². The summed E-state index contributed by atoms with van der Waals surface area (Å²) in [5.41, 5.74) is 0. The molecule has 2 atom stereocenters. The maximum Gasteiger partial charge on any atom is 0.305 e. The molecule has 0 rings (SSSR count). The molecule has 0 heterocycles. The van der Waals surface area contributed by atoms with E-state index in [1.807, 2.05) is 0 Å². The molecule has 6 heteroatoms. The molecular formula is C60H117NO5. The van der Waals surface area contributed by atoms with Crippen molar-refractivity contribution in [3.05, 3.63) is 12.2 Å². The minimum Gasteiger partial charge on any atom is -0.466 e. The van der Waals surface area contributed by atoms with Crippen molar-refractivity contribution in [3.63, 3.8) is 0 Å². The lowest BCUT2D eigenvalue weighted by Crippen LogP contribution is -2.45. The normalized spacial score (nSPS) is 12.6. The van der Waals surface area contributed by atoms with E-state index in [-0.39, 0.29) is 18.5 Å². The molecule has 0 saturated heterocycles. The molecule has 3 N–H and O–H groups in total. The standard InChI is InChI=1S/C60H117NO5/c1-3-5-7-9-11-13-15-17-29-32-36-40-44-48-52-58(63)57(56-62)61-59(64)53-49-45-41-37-33-30-27-25-23-21-19-18-20-22-24-26-28-31-35-39-43-47-51-55-66-60(65)54-50-46-42-38-34-16-14-12-10-8-6-4-2/h12,14,57-58,62-63H,3-11,13,15-56H2,1-2H3,(H,61,64)/b14-12-. The number of carbonyl (C=O) groups is 2. The number of rotatable bonds is 56. The lowest BCUT2D eigenvalue weighted by Gasteiger charge is -2.22. The Bertz CT molecular complexity index is 986. The fourth-order valence-electron chi connectivity index (χ4n) is 9.46. The van der Waals surface area contributed by atoms with Crippen LogP contribution in [0.3, 0.4) is 0 Å². The number of carbonyl (C=O) groups excluding carboxylic acids is 2. The smallest absolute Gasteiger partial charge is 0.305 e. The second-order valence-corrected chi connectivity index (χ2v) is 20.7. The number of allylic oxidation sites excluding steroid dienone is 2. The Morgan fingerprint density at radius 1 is 0.409 bits per heavy atom. The van der Waals surface area contributed by atoms with E-state index in [4.69, 9.17) is 4.74 Å². The Morgan fingerprint density at radius 3 is 1.11 bits per heavy atom. The van der Waals surface area contributed by atoms with Crippen LogP contribution in [0.5, 0.6) is 0 Å². The van der Waals surface area contributed by atoms with Crippen LogP contribution in [-0.4, -0.2) is 47.4 Å². The number of hydrogen-bond acceptors (Lipinski definition) is 5. The number of ether oxygens (including phenoxy) is 1. The van der Waals surface area contributed by atoms with Crippen LogP contribution in [0.4, 0.5) is 0 Å². The van der Waals surface area contributed by atoms with Crippen molar-refractivity contribution in [2.24, 2.45) is 0 Å². The quantitative estimate of drug-likeness (QED) is 0.0321. The summed E-state index contributed by atoms with van der Waals surface area (Å²) in [6.07, 6.45) is 66.4. The largest absolute Gasteiger partial charge is 0.466 e. The average Bonchev–Trinajstić information content (AvgIpc) is 3.32. The Hall–Kier alpha value is -1.40. The molecule has 0 aromatic carbocycles. The van der Waals surface area contributed by atoms with E-state index in [1.54, 1.807) is 0 Å². The number of aliphatic hydroxyl groups excluding tert-OH is 2. The molecule has 0 aromatic heterocycles. The first-order valence-electron chi connectivity index (χ1n) is 29.9. The lowest BCUT2D eigenvalue weighted by atomic mass is 10.0. The topological polar surface area (TPSA) is 95.9 Å². The van der Waals surface area contributed by atoms with Gasteiger partial charge in [0.05, 0.1) is 25.4 Å². The molecule has 0 radical (unpaired) electrons. The first kappa shape index (κ1) is 64.6. The zero-order chi connectivity index (χ0) is 47.9. The van der Waals surface area contributed by atoms with Crippen LogP contribution in [0.1, 0.15) is 335 Å². The zero-order valence-corrected chi connectivity index (χ0v) is 44.7. The van der Waals surface area contributed by atoms with Gasteiger partial charge in [0.1, 0.15) is 0 Å². The molecule has 6 nitrogen and oxygen atoms in total. The third kappa shape index (κ3) is 52.0. The van der Waals surface area contributed by atoms with Gasteiger partial charge in [-0.3, -0.25) is 9.59 Å². The van der Waals surface area contributed by atoms with Gasteiger partial charge in [0.2, 0.25) is 5.91 Å². The third-order valence-corrected chi connectivity index (χ3v) is 14.1. The van der Waals surface area contributed by atoms with Crippen LogP contribution >= 0.6 is 0 Å². The number of hydrogen-bond donors (Lipinski definition) is 3. The van der Waals surface area contributed by atoms with Gasteiger partial charge < -0.3 is 20.3 Å². The second kappa shape index (κ2) is 56.2. The highest BCUT2D eigenvalue weighted by Gasteiger charge is 2.20. The van der Waals surface area contributed by atoms with E-state index < -0.39 is 12.1 Å². The first-order valence-corrected chi connectivity index (χ1v) is 29.9. The summed E-state index contributed by atoms with van der Waals surface area (Å²) in [4.78, 5) is 24.5. The number of esters is 1. The molecule has 0 aliphatic carbocycles. The van der Waals surface area contributed by atoms with Crippen LogP contribution in [0, 0.1) is 0 Å². The van der Waals surface area contributed by atoms with Gasteiger partial charge >= 0.3 is 5.97 Å². The van der Waals surface area contributed by atoms with Crippen molar-refractivity contribution in [2.45, 2.75) is 347 Å². The van der Waals surface area contributed by atoms with Crippen molar-refractivity contribution in [2.75, 3.05) is 13.2 Å². The minimum absolute atomic E-state index is 0.00476. The first-order chi connectivity index (χ1) is 32.5. The van der Waals surface area contributed by atoms with Gasteiger partial charge in [-0.15, -0.1) is 0 Å². The highest BCUT2D eigenvalue weighted by atomic mass is 16.5. The summed E-state index contributed by atoms with van der Waals surface area (Å²) in [7, 11) is 0. The van der Waals surface area contributed by atoms with Crippen LogP contribution in [0.25, 0.3) is 0 Å². The highest BCUT2D eigenvalue weighted by Crippen LogP contribution is 2.18. The van der Waals surface area contributed by atoms with Crippen molar-refractivity contribution in [1.82, 2.24) is 5.32 Å². The molecule has 0 aromatic rings. The molecular weight excluding hydrogens is 815 g/mol. The van der Waals surface area contributed by atoms with Gasteiger partial charge in [0, 0.05) is 12.8 Å². The van der Waals surface area contributed by atoms with Crippen molar-refractivity contribution < 1.29 is 24.5 Å². The Balaban J connectivity index is 3.36. The third-order valence-electron chi connectivity index (χ3n) is 14.1. The SMILES string of the molecule is CCCCC/C=C\CCCCCCCC(=O)OCCCCCCCCCCCCCCCCCCCCCCCCCC(=O)NC(CO)C(O)CCCCCCCCCCCCCCCC. The maximum absolute atomic E-state index is 12.5. The van der Waals surface area contributed by atoms with Crippen LogP contribution in [0.2, 0.25) is 0 Å². The summed E-state index contributed by atoms with van der Waals surface area (Å²) >= 11 is 0. The maximum atomic E-state index is 12.5. The summed E-state index contributed by atoms with van der Waals surface area (Å²) in [6.45, 7) is 4.94. The molecule has 1 amide bonds. The van der Waals surface area contributed by atoms with Gasteiger partial charge in [-0.25, -0.2) is 0 Å². The Kier molecular flexibility index (Phi) is 55.0. The lowest BCUT2D eigenvalue weighted by molar-refractivity contribution is -0.143. The van der Waals surface area contributed by atoms with Crippen molar-refractivity contribution in [3.8, 4) is 0 Å². The molecule has 0 saturated carbocycles. The van der Waals surface area contributed by atoms with E-state index in [9.17, 15) is 19.8 Å². The van der Waals surface area contributed by atoms with E-state index in [0.29, 0.717) is 25.9 Å². The number of nitrogens with one attached hydrogen (secondary N) is 1. The van der Waals surface area contributed by atoms with Gasteiger partial charge in [-0.05, 0) is 51.4 Å². The molecule has 392 valence electrons. The minimum atomic E-state index is -0.662. The highest BCUT2D eigenvalue weighted by molar-refractivity contribution is 5.76. The average molecular weight is 933 g/mol. The van der Waals surface area contributed by atoms with Crippen molar-refractivity contribution >= 4 is 11.9 Å². The van der Waals surface area contributed by atoms with Gasteiger partial charge in [0.15, 0.2) is 0 Å². The molecule has 0 aliphatic heterocycles. The Morgan fingerprint density at radius 2 is 0.712 bits per heavy atom. The predicted octanol–water partition coefficient (Wildman–Crippen LogP) is 18.5. The molecule has 0 fully saturated rings. The predicted molar refractivity (Wildman–Crippen MR) is 287 cm³/mol. The fraction of sp³-hybridized carbons (Fsp3) is 0.933. The molecule has 0 bridgehead atoms. The zero-order valence-electron chi connectivity index (χ0n) is 44.7. The number of amides is 1. The van der Waals surface area contributed by atoms with Crippen molar-refractivity contribution in [1.29, 1.82) is 0 Å². The van der Waals surface area contributed by atoms with Gasteiger partial charge in [-0.1, -0.05) is 283 Å². The summed E-state index contributed by atoms with van der Waals surface area (Å²) in [5, 5.41) is 23.3. The number of unbranched alkanes of at least 4 members (excludes halogenated alkanes) is 43. The van der Waals surface area contributed by atoms with E-state index in [1.165, 1.54) is 257 Å².